The first-order chi connectivity index (χ1) is 11.6. The number of rotatable bonds is 4. The number of aromatic nitrogens is 1. The Labute approximate surface area is 151 Å². The van der Waals surface area contributed by atoms with Gasteiger partial charge in [-0.05, 0) is 52.2 Å². The number of hydrogen-bond donors (Lipinski definition) is 1. The molecule has 1 aromatic heterocycles. The molecular formula is C18H22BrN3O2. The largest absolute Gasteiger partial charge is 0.508 e. The van der Waals surface area contributed by atoms with E-state index in [1.165, 1.54) is 5.56 Å². The normalized spacial score (nSPS) is 15.5. The zero-order chi connectivity index (χ0) is 17.1. The molecule has 0 bridgehead atoms. The van der Waals surface area contributed by atoms with Crippen molar-refractivity contribution in [3.8, 4) is 11.6 Å². The Hall–Kier alpha value is -1.79. The van der Waals surface area contributed by atoms with Gasteiger partial charge in [0, 0.05) is 32.7 Å². The number of aryl methyl sites for hydroxylation is 1. The molecule has 5 nitrogen and oxygen atoms in total. The number of methoxy groups -OCH3 is 1. The Bertz CT molecular complexity index is 715. The van der Waals surface area contributed by atoms with Crippen molar-refractivity contribution in [3.05, 3.63) is 45.9 Å². The molecule has 1 N–H and O–H groups in total. The molecule has 1 aliphatic rings. The molecule has 0 amide bonds. The number of piperazine rings is 1. The molecule has 0 atom stereocenters. The van der Waals surface area contributed by atoms with Crippen molar-refractivity contribution in [3.63, 3.8) is 0 Å². The van der Waals surface area contributed by atoms with Crippen LogP contribution in [0.4, 0.5) is 5.82 Å². The maximum Gasteiger partial charge on any atom is 0.229 e. The predicted octanol–water partition coefficient (Wildman–Crippen LogP) is 3.19. The van der Waals surface area contributed by atoms with E-state index in [0.29, 0.717) is 11.6 Å². The average molecular weight is 392 g/mol. The van der Waals surface area contributed by atoms with Crippen LogP contribution >= 0.6 is 15.9 Å². The highest BCUT2D eigenvalue weighted by Gasteiger charge is 2.19. The van der Waals surface area contributed by atoms with Crippen molar-refractivity contribution in [1.29, 1.82) is 0 Å². The van der Waals surface area contributed by atoms with E-state index in [0.717, 1.165) is 48.6 Å². The lowest BCUT2D eigenvalue weighted by Gasteiger charge is -2.35. The highest BCUT2D eigenvalue weighted by atomic mass is 79.9. The van der Waals surface area contributed by atoms with Crippen molar-refractivity contribution < 1.29 is 9.84 Å². The van der Waals surface area contributed by atoms with Crippen LogP contribution in [0, 0.1) is 6.92 Å². The number of benzene rings is 1. The topological polar surface area (TPSA) is 48.8 Å². The number of anilines is 1. The van der Waals surface area contributed by atoms with Gasteiger partial charge in [0.05, 0.1) is 11.6 Å². The number of phenols is 1. The Morgan fingerprint density at radius 1 is 1.17 bits per heavy atom. The second-order valence-electron chi connectivity index (χ2n) is 6.04. The molecule has 1 aliphatic heterocycles. The monoisotopic (exact) mass is 391 g/mol. The minimum atomic E-state index is 0.360. The molecule has 3 rings (SSSR count). The van der Waals surface area contributed by atoms with Crippen molar-refractivity contribution in [2.45, 2.75) is 13.5 Å². The van der Waals surface area contributed by atoms with Crippen LogP contribution in [-0.4, -0.2) is 48.3 Å². The van der Waals surface area contributed by atoms with Crippen LogP contribution in [0.25, 0.3) is 0 Å². The van der Waals surface area contributed by atoms with E-state index in [4.69, 9.17) is 4.74 Å². The number of phenolic OH excluding ortho intramolecular Hbond substituents is 1. The molecule has 1 aromatic carbocycles. The summed E-state index contributed by atoms with van der Waals surface area (Å²) in [5, 5.41) is 9.63. The Balaban J connectivity index is 1.60. The molecule has 0 saturated carbocycles. The fourth-order valence-electron chi connectivity index (χ4n) is 2.94. The van der Waals surface area contributed by atoms with Crippen LogP contribution in [-0.2, 0) is 6.54 Å². The molecule has 0 radical (unpaired) electrons. The Morgan fingerprint density at radius 2 is 1.92 bits per heavy atom. The van der Waals surface area contributed by atoms with E-state index in [1.807, 2.05) is 25.1 Å². The first-order valence-corrected chi connectivity index (χ1v) is 8.82. The second-order valence-corrected chi connectivity index (χ2v) is 6.90. The van der Waals surface area contributed by atoms with Crippen molar-refractivity contribution >= 4 is 21.7 Å². The summed E-state index contributed by atoms with van der Waals surface area (Å²) in [6, 6.07) is 9.83. The minimum absolute atomic E-state index is 0.360. The quantitative estimate of drug-likeness (QED) is 0.866. The molecule has 1 saturated heterocycles. The highest BCUT2D eigenvalue weighted by molar-refractivity contribution is 9.10. The van der Waals surface area contributed by atoms with E-state index < -0.39 is 0 Å². The van der Waals surface area contributed by atoms with Crippen LogP contribution in [0.1, 0.15) is 11.1 Å². The summed E-state index contributed by atoms with van der Waals surface area (Å²) in [7, 11) is 1.63. The molecule has 2 aromatic rings. The van der Waals surface area contributed by atoms with Crippen LogP contribution in [0.15, 0.2) is 34.8 Å². The zero-order valence-corrected chi connectivity index (χ0v) is 15.6. The van der Waals surface area contributed by atoms with Gasteiger partial charge < -0.3 is 14.7 Å². The lowest BCUT2D eigenvalue weighted by atomic mass is 10.1. The maximum atomic E-state index is 9.63. The van der Waals surface area contributed by atoms with Gasteiger partial charge in [0.1, 0.15) is 11.6 Å². The lowest BCUT2D eigenvalue weighted by molar-refractivity contribution is 0.249. The van der Waals surface area contributed by atoms with Gasteiger partial charge in [-0.1, -0.05) is 12.1 Å². The third-order valence-electron chi connectivity index (χ3n) is 4.36. The lowest BCUT2D eigenvalue weighted by Crippen LogP contribution is -2.46. The smallest absolute Gasteiger partial charge is 0.229 e. The summed E-state index contributed by atoms with van der Waals surface area (Å²) >= 11 is 3.44. The van der Waals surface area contributed by atoms with Crippen molar-refractivity contribution in [1.82, 2.24) is 9.88 Å². The Kier molecular flexibility index (Phi) is 5.26. The maximum absolute atomic E-state index is 9.63. The van der Waals surface area contributed by atoms with Gasteiger partial charge in [-0.3, -0.25) is 4.90 Å². The Morgan fingerprint density at radius 3 is 2.58 bits per heavy atom. The number of nitrogens with zero attached hydrogens (tertiary/aromatic N) is 3. The number of ether oxygens (including phenoxy) is 1. The third kappa shape index (κ3) is 3.82. The standard InChI is InChI=1S/C18H22BrN3O2/c1-13-11-14(3-5-16(13)23)12-21-7-9-22(10-8-21)17-6-4-15(19)18(20-17)24-2/h3-6,11,23H,7-10,12H2,1-2H3. The summed E-state index contributed by atoms with van der Waals surface area (Å²) in [5.74, 6) is 1.93. The molecule has 0 aliphatic carbocycles. The summed E-state index contributed by atoms with van der Waals surface area (Å²) in [6.07, 6.45) is 0. The van der Waals surface area contributed by atoms with Crippen molar-refractivity contribution in [2.75, 3.05) is 38.2 Å². The van der Waals surface area contributed by atoms with E-state index in [9.17, 15) is 5.11 Å². The molecule has 128 valence electrons. The summed E-state index contributed by atoms with van der Waals surface area (Å²) in [4.78, 5) is 9.27. The van der Waals surface area contributed by atoms with Gasteiger partial charge >= 0.3 is 0 Å². The van der Waals surface area contributed by atoms with Crippen LogP contribution in [0.2, 0.25) is 0 Å². The van der Waals surface area contributed by atoms with Gasteiger partial charge in [0.15, 0.2) is 0 Å². The molecule has 2 heterocycles. The second kappa shape index (κ2) is 7.40. The summed E-state index contributed by atoms with van der Waals surface area (Å²) in [6.45, 7) is 6.69. The average Bonchev–Trinajstić information content (AvgIpc) is 2.59. The first-order valence-electron chi connectivity index (χ1n) is 8.03. The minimum Gasteiger partial charge on any atom is -0.508 e. The molecule has 0 spiro atoms. The zero-order valence-electron chi connectivity index (χ0n) is 14.0. The van der Waals surface area contributed by atoms with Gasteiger partial charge in [-0.25, -0.2) is 0 Å². The fraction of sp³-hybridized carbons (Fsp3) is 0.389. The molecular weight excluding hydrogens is 370 g/mol. The van der Waals surface area contributed by atoms with Gasteiger partial charge in [-0.15, -0.1) is 0 Å². The summed E-state index contributed by atoms with van der Waals surface area (Å²) < 4.78 is 6.15. The fourth-order valence-corrected chi connectivity index (χ4v) is 3.32. The number of hydrogen-bond acceptors (Lipinski definition) is 5. The number of halogens is 1. The number of pyridine rings is 1. The molecule has 0 unspecified atom stereocenters. The number of aromatic hydroxyl groups is 1. The van der Waals surface area contributed by atoms with E-state index in [-0.39, 0.29) is 0 Å². The van der Waals surface area contributed by atoms with Gasteiger partial charge in [0.25, 0.3) is 0 Å². The van der Waals surface area contributed by atoms with E-state index in [1.54, 1.807) is 13.2 Å². The van der Waals surface area contributed by atoms with E-state index >= 15 is 0 Å². The predicted molar refractivity (Wildman–Crippen MR) is 98.8 cm³/mol. The molecule has 24 heavy (non-hydrogen) atoms. The first kappa shape index (κ1) is 17.0. The molecule has 6 heteroatoms. The molecule has 1 fully saturated rings. The van der Waals surface area contributed by atoms with Crippen LogP contribution in [0.5, 0.6) is 11.6 Å². The summed E-state index contributed by atoms with van der Waals surface area (Å²) in [5.41, 5.74) is 2.17. The van der Waals surface area contributed by atoms with Gasteiger partial charge in [-0.2, -0.15) is 4.98 Å². The van der Waals surface area contributed by atoms with Gasteiger partial charge in [0.2, 0.25) is 5.88 Å². The van der Waals surface area contributed by atoms with Crippen LogP contribution < -0.4 is 9.64 Å². The SMILES string of the molecule is COc1nc(N2CCN(Cc3ccc(O)c(C)c3)CC2)ccc1Br. The van der Waals surface area contributed by atoms with Crippen molar-refractivity contribution in [2.24, 2.45) is 0 Å². The van der Waals surface area contributed by atoms with E-state index in [2.05, 4.69) is 36.8 Å². The van der Waals surface area contributed by atoms with Crippen LogP contribution in [0.3, 0.4) is 0 Å². The third-order valence-corrected chi connectivity index (χ3v) is 4.96. The highest BCUT2D eigenvalue weighted by Crippen LogP contribution is 2.26.